The normalized spacial score (nSPS) is 10.5. The highest BCUT2D eigenvalue weighted by molar-refractivity contribution is 5.93. The molecule has 0 atom stereocenters. The monoisotopic (exact) mass is 252 g/mol. The van der Waals surface area contributed by atoms with E-state index in [9.17, 15) is 9.59 Å². The highest BCUT2D eigenvalue weighted by atomic mass is 16.2. The first kappa shape index (κ1) is 11.2. The molecule has 2 aromatic carbocycles. The zero-order valence-electron chi connectivity index (χ0n) is 9.70. The Hall–Kier alpha value is -2.89. The first-order valence-corrected chi connectivity index (χ1v) is 5.57. The van der Waals surface area contributed by atoms with Gasteiger partial charge in [-0.15, -0.1) is 10.2 Å². The molecule has 3 aromatic rings. The van der Waals surface area contributed by atoms with Crippen LogP contribution in [0.2, 0.25) is 0 Å². The molecular formula is C13H8N4O2. The van der Waals surface area contributed by atoms with Crippen LogP contribution in [0, 0.1) is 0 Å². The van der Waals surface area contributed by atoms with Crippen molar-refractivity contribution in [3.05, 3.63) is 68.5 Å². The van der Waals surface area contributed by atoms with Crippen LogP contribution in [0.1, 0.15) is 0 Å². The van der Waals surface area contributed by atoms with E-state index in [1.165, 1.54) is 0 Å². The number of nitrogens with one attached hydrogen (secondary N) is 1. The van der Waals surface area contributed by atoms with Crippen LogP contribution < -0.4 is 21.9 Å². The molecule has 0 amide bonds. The summed E-state index contributed by atoms with van der Waals surface area (Å²) in [5.41, 5.74) is 1.97. The van der Waals surface area contributed by atoms with Crippen LogP contribution in [0.4, 0.5) is 5.69 Å². The van der Waals surface area contributed by atoms with Crippen molar-refractivity contribution in [1.82, 2.24) is 10.2 Å². The van der Waals surface area contributed by atoms with Crippen LogP contribution in [0.3, 0.4) is 0 Å². The molecule has 0 radical (unpaired) electrons. The smallest absolute Gasteiger partial charge is 0.277 e. The Morgan fingerprint density at radius 2 is 1.58 bits per heavy atom. The number of aromatic nitrogens is 2. The third-order valence-corrected chi connectivity index (χ3v) is 2.71. The molecule has 0 aliphatic carbocycles. The second-order valence-corrected chi connectivity index (χ2v) is 3.91. The van der Waals surface area contributed by atoms with E-state index in [1.807, 2.05) is 42.5 Å². The molecule has 1 N–H and O–H groups in total. The fraction of sp³-hybridized carbons (Fsp3) is 0. The second-order valence-electron chi connectivity index (χ2n) is 3.91. The van der Waals surface area contributed by atoms with E-state index >= 15 is 0 Å². The third-order valence-electron chi connectivity index (χ3n) is 2.71. The summed E-state index contributed by atoms with van der Waals surface area (Å²) in [7, 11) is 0. The molecule has 3 rings (SSSR count). The first-order chi connectivity index (χ1) is 9.25. The molecule has 0 aliphatic heterocycles. The highest BCUT2D eigenvalue weighted by Crippen LogP contribution is 2.22. The number of hydrogen-bond donors (Lipinski definition) is 1. The molecule has 6 heteroatoms. The second kappa shape index (κ2) is 4.41. The number of hydrogen-bond acceptors (Lipinski definition) is 6. The fourth-order valence-corrected chi connectivity index (χ4v) is 1.81. The van der Waals surface area contributed by atoms with Gasteiger partial charge in [0.2, 0.25) is 5.36 Å². The molecule has 6 nitrogen and oxygen atoms in total. The van der Waals surface area contributed by atoms with E-state index in [-0.39, 0.29) is 5.36 Å². The van der Waals surface area contributed by atoms with Crippen molar-refractivity contribution >= 4 is 16.5 Å². The third kappa shape index (κ3) is 1.99. The molecule has 1 aromatic heterocycles. The van der Waals surface area contributed by atoms with Crippen LogP contribution >= 0.6 is 0 Å². The first-order valence-electron chi connectivity index (χ1n) is 5.57. The Morgan fingerprint density at radius 3 is 2.37 bits per heavy atom. The van der Waals surface area contributed by atoms with Crippen molar-refractivity contribution in [1.29, 1.82) is 0 Å². The number of fused-ring (bicyclic) bond motifs is 1. The lowest BCUT2D eigenvalue weighted by Gasteiger charge is -2.04. The minimum atomic E-state index is -0.724. The number of anilines is 1. The van der Waals surface area contributed by atoms with Gasteiger partial charge in [-0.3, -0.25) is 15.0 Å². The molecule has 0 saturated heterocycles. The Kier molecular flexibility index (Phi) is 2.60. The zero-order valence-corrected chi connectivity index (χ0v) is 9.70. The van der Waals surface area contributed by atoms with Gasteiger partial charge in [0.05, 0.1) is 5.69 Å². The SMILES string of the molecule is O=c1nnc(=O)c1=NNc1cccc2ccccc12. The molecule has 0 aliphatic rings. The summed E-state index contributed by atoms with van der Waals surface area (Å²) in [6.45, 7) is 0. The van der Waals surface area contributed by atoms with E-state index in [1.54, 1.807) is 0 Å². The van der Waals surface area contributed by atoms with E-state index < -0.39 is 11.1 Å². The maximum Gasteiger partial charge on any atom is 0.321 e. The number of rotatable bonds is 2. The molecule has 1 heterocycles. The molecule has 0 spiro atoms. The van der Waals surface area contributed by atoms with Crippen molar-refractivity contribution < 1.29 is 0 Å². The van der Waals surface area contributed by atoms with E-state index in [4.69, 9.17) is 0 Å². The lowest BCUT2D eigenvalue weighted by Crippen LogP contribution is -2.33. The van der Waals surface area contributed by atoms with Crippen molar-refractivity contribution in [3.63, 3.8) is 0 Å². The van der Waals surface area contributed by atoms with E-state index in [2.05, 4.69) is 20.7 Å². The van der Waals surface area contributed by atoms with Gasteiger partial charge in [0.15, 0.2) is 0 Å². The predicted molar refractivity (Wildman–Crippen MR) is 70.1 cm³/mol. The fourth-order valence-electron chi connectivity index (χ4n) is 1.81. The summed E-state index contributed by atoms with van der Waals surface area (Å²) in [6.07, 6.45) is 0. The zero-order chi connectivity index (χ0) is 13.2. The number of benzene rings is 2. The summed E-state index contributed by atoms with van der Waals surface area (Å²) in [4.78, 5) is 22.4. The Bertz CT molecular complexity index is 859. The van der Waals surface area contributed by atoms with Gasteiger partial charge in [0.25, 0.3) is 0 Å². The van der Waals surface area contributed by atoms with Crippen LogP contribution in [0.25, 0.3) is 10.8 Å². The molecule has 0 fully saturated rings. The topological polar surface area (TPSA) is 84.3 Å². The molecular weight excluding hydrogens is 244 g/mol. The quantitative estimate of drug-likeness (QED) is 0.656. The van der Waals surface area contributed by atoms with E-state index in [0.717, 1.165) is 10.8 Å². The Morgan fingerprint density at radius 1 is 0.895 bits per heavy atom. The Labute approximate surface area is 106 Å². The van der Waals surface area contributed by atoms with Crippen molar-refractivity contribution in [2.45, 2.75) is 0 Å². The lowest BCUT2D eigenvalue weighted by molar-refractivity contribution is 1.03. The van der Waals surface area contributed by atoms with Gasteiger partial charge in [-0.25, -0.2) is 0 Å². The van der Waals surface area contributed by atoms with Gasteiger partial charge >= 0.3 is 11.1 Å². The van der Waals surface area contributed by atoms with Gasteiger partial charge in [0, 0.05) is 5.39 Å². The average molecular weight is 252 g/mol. The summed E-state index contributed by atoms with van der Waals surface area (Å²) in [5.74, 6) is 0. The standard InChI is InChI=1S/C13H8N4O2/c18-12-11(13(19)17-16-12)15-14-10-7-3-5-8-4-1-2-6-9(8)10/h1-7,14H. The number of nitrogens with zero attached hydrogens (tertiary/aromatic N) is 3. The summed E-state index contributed by atoms with van der Waals surface area (Å²) >= 11 is 0. The van der Waals surface area contributed by atoms with Crippen molar-refractivity contribution in [2.24, 2.45) is 5.10 Å². The predicted octanol–water partition coefficient (Wildman–Crippen LogP) is 0.154. The van der Waals surface area contributed by atoms with Crippen molar-refractivity contribution in [2.75, 3.05) is 5.43 Å². The lowest BCUT2D eigenvalue weighted by atomic mass is 10.1. The molecule has 0 bridgehead atoms. The average Bonchev–Trinajstić information content (AvgIpc) is 2.76. The van der Waals surface area contributed by atoms with Crippen LogP contribution in [0.5, 0.6) is 0 Å². The largest absolute Gasteiger partial charge is 0.321 e. The van der Waals surface area contributed by atoms with Gasteiger partial charge in [-0.1, -0.05) is 36.4 Å². The van der Waals surface area contributed by atoms with Gasteiger partial charge in [0.1, 0.15) is 0 Å². The Balaban J connectivity index is 2.11. The molecule has 92 valence electrons. The van der Waals surface area contributed by atoms with Crippen LogP contribution in [-0.2, 0) is 0 Å². The van der Waals surface area contributed by atoms with Crippen LogP contribution in [0.15, 0.2) is 57.2 Å². The molecule has 19 heavy (non-hydrogen) atoms. The summed E-state index contributed by atoms with van der Waals surface area (Å²) in [5, 5.41) is 11.7. The van der Waals surface area contributed by atoms with Gasteiger partial charge in [-0.05, 0) is 11.5 Å². The summed E-state index contributed by atoms with van der Waals surface area (Å²) in [6, 6.07) is 13.3. The minimum Gasteiger partial charge on any atom is -0.277 e. The van der Waals surface area contributed by atoms with Gasteiger partial charge < -0.3 is 0 Å². The van der Waals surface area contributed by atoms with Crippen molar-refractivity contribution in [3.8, 4) is 0 Å². The van der Waals surface area contributed by atoms with Crippen LogP contribution in [-0.4, -0.2) is 10.2 Å². The maximum atomic E-state index is 11.2. The molecule has 0 unspecified atom stereocenters. The minimum absolute atomic E-state index is 0.298. The maximum absolute atomic E-state index is 11.2. The van der Waals surface area contributed by atoms with E-state index in [0.29, 0.717) is 5.69 Å². The van der Waals surface area contributed by atoms with Gasteiger partial charge in [-0.2, -0.15) is 5.10 Å². The highest BCUT2D eigenvalue weighted by Gasteiger charge is 2.03. The summed E-state index contributed by atoms with van der Waals surface area (Å²) < 4.78 is 0. The molecule has 0 saturated carbocycles.